The number of rotatable bonds is 5. The minimum Gasteiger partial charge on any atom is -0.340 e. The largest absolute Gasteiger partial charge is 0.340 e. The molecule has 0 N–H and O–H groups in total. The SMILES string of the molecule is CC1SC(c2ccccc2Cl)N(CCN(C)C(=O)c2cccc(F)c2)C1=O. The second-order valence-corrected chi connectivity index (χ2v) is 8.25. The molecule has 1 aliphatic heterocycles. The molecule has 1 saturated heterocycles. The highest BCUT2D eigenvalue weighted by molar-refractivity contribution is 8.01. The van der Waals surface area contributed by atoms with Crippen molar-refractivity contribution in [1.29, 1.82) is 0 Å². The normalized spacial score (nSPS) is 19.4. The molecule has 1 fully saturated rings. The van der Waals surface area contributed by atoms with E-state index in [0.717, 1.165) is 5.56 Å². The van der Waals surface area contributed by atoms with E-state index in [2.05, 4.69) is 0 Å². The number of likely N-dealkylation sites (N-methyl/N-ethyl adjacent to an activating group) is 1. The third kappa shape index (κ3) is 4.28. The highest BCUT2D eigenvalue weighted by Crippen LogP contribution is 2.44. The fourth-order valence-corrected chi connectivity index (χ4v) is 4.67. The number of halogens is 2. The highest BCUT2D eigenvalue weighted by atomic mass is 35.5. The van der Waals surface area contributed by atoms with Crippen LogP contribution in [-0.4, -0.2) is 47.0 Å². The Bertz CT molecular complexity index is 863. The van der Waals surface area contributed by atoms with Gasteiger partial charge in [0, 0.05) is 36.3 Å². The van der Waals surface area contributed by atoms with Gasteiger partial charge in [-0.3, -0.25) is 9.59 Å². The van der Waals surface area contributed by atoms with Gasteiger partial charge < -0.3 is 9.80 Å². The summed E-state index contributed by atoms with van der Waals surface area (Å²) in [6.45, 7) is 2.59. The maximum atomic E-state index is 13.4. The number of hydrogen-bond donors (Lipinski definition) is 0. The van der Waals surface area contributed by atoms with Crippen molar-refractivity contribution in [1.82, 2.24) is 9.80 Å². The van der Waals surface area contributed by atoms with Crippen LogP contribution in [0.3, 0.4) is 0 Å². The molecule has 4 nitrogen and oxygen atoms in total. The van der Waals surface area contributed by atoms with E-state index in [1.54, 1.807) is 29.8 Å². The van der Waals surface area contributed by atoms with Crippen LogP contribution in [0.25, 0.3) is 0 Å². The Balaban J connectivity index is 1.72. The van der Waals surface area contributed by atoms with Gasteiger partial charge in [-0.05, 0) is 31.2 Å². The standard InChI is InChI=1S/C20H20ClFN2O2S/c1-13-18(25)24(20(27-13)16-8-3-4-9-17(16)21)11-10-23(2)19(26)14-6-5-7-15(22)12-14/h3-9,12-13,20H,10-11H2,1-2H3. The molecule has 27 heavy (non-hydrogen) atoms. The number of hydrogen-bond acceptors (Lipinski definition) is 3. The molecule has 2 aromatic rings. The van der Waals surface area contributed by atoms with Crippen molar-refractivity contribution in [3.63, 3.8) is 0 Å². The van der Waals surface area contributed by atoms with Gasteiger partial charge in [0.15, 0.2) is 0 Å². The summed E-state index contributed by atoms with van der Waals surface area (Å²) < 4.78 is 13.4. The van der Waals surface area contributed by atoms with Gasteiger partial charge in [0.25, 0.3) is 5.91 Å². The molecular formula is C20H20ClFN2O2S. The molecule has 2 unspecified atom stereocenters. The Hall–Kier alpha value is -2.05. The van der Waals surface area contributed by atoms with Crippen LogP contribution in [0.15, 0.2) is 48.5 Å². The van der Waals surface area contributed by atoms with Crippen LogP contribution >= 0.6 is 23.4 Å². The molecule has 0 aromatic heterocycles. The summed E-state index contributed by atoms with van der Waals surface area (Å²) in [7, 11) is 1.65. The summed E-state index contributed by atoms with van der Waals surface area (Å²) >= 11 is 7.87. The molecule has 2 amide bonds. The van der Waals surface area contributed by atoms with Crippen molar-refractivity contribution in [2.75, 3.05) is 20.1 Å². The molecule has 1 heterocycles. The Kier molecular flexibility index (Phi) is 6.07. The first kappa shape index (κ1) is 19.7. The molecule has 0 saturated carbocycles. The molecule has 2 atom stereocenters. The van der Waals surface area contributed by atoms with Crippen molar-refractivity contribution in [2.45, 2.75) is 17.5 Å². The molecule has 7 heteroatoms. The van der Waals surface area contributed by atoms with E-state index < -0.39 is 5.82 Å². The van der Waals surface area contributed by atoms with Crippen LogP contribution in [0.5, 0.6) is 0 Å². The number of amides is 2. The van der Waals surface area contributed by atoms with Gasteiger partial charge in [-0.2, -0.15) is 0 Å². The predicted molar refractivity (Wildman–Crippen MR) is 106 cm³/mol. The smallest absolute Gasteiger partial charge is 0.253 e. The molecule has 0 aliphatic carbocycles. The van der Waals surface area contributed by atoms with Crippen LogP contribution in [0.2, 0.25) is 5.02 Å². The van der Waals surface area contributed by atoms with Crippen LogP contribution in [0.4, 0.5) is 4.39 Å². The number of benzene rings is 2. The van der Waals surface area contributed by atoms with Gasteiger partial charge in [0.05, 0.1) is 5.25 Å². The van der Waals surface area contributed by atoms with E-state index in [1.165, 1.54) is 23.1 Å². The van der Waals surface area contributed by atoms with Gasteiger partial charge in [0.2, 0.25) is 5.91 Å². The summed E-state index contributed by atoms with van der Waals surface area (Å²) in [5.41, 5.74) is 1.18. The summed E-state index contributed by atoms with van der Waals surface area (Å²) in [5, 5.41) is 0.264. The Labute approximate surface area is 167 Å². The van der Waals surface area contributed by atoms with Crippen LogP contribution < -0.4 is 0 Å². The van der Waals surface area contributed by atoms with Gasteiger partial charge in [0.1, 0.15) is 11.2 Å². The van der Waals surface area contributed by atoms with Crippen molar-refractivity contribution >= 4 is 35.2 Å². The van der Waals surface area contributed by atoms with Gasteiger partial charge in [-0.25, -0.2) is 4.39 Å². The topological polar surface area (TPSA) is 40.6 Å². The zero-order valence-electron chi connectivity index (χ0n) is 15.1. The third-order valence-corrected chi connectivity index (χ3v) is 6.23. The second kappa shape index (κ2) is 8.31. The monoisotopic (exact) mass is 406 g/mol. The molecule has 2 aromatic carbocycles. The van der Waals surface area contributed by atoms with Gasteiger partial charge in [-0.1, -0.05) is 35.9 Å². The number of nitrogens with zero attached hydrogens (tertiary/aromatic N) is 2. The molecule has 3 rings (SSSR count). The second-order valence-electron chi connectivity index (χ2n) is 6.42. The summed E-state index contributed by atoms with van der Waals surface area (Å²) in [4.78, 5) is 28.3. The molecular weight excluding hydrogens is 387 g/mol. The van der Waals surface area contributed by atoms with E-state index >= 15 is 0 Å². The lowest BCUT2D eigenvalue weighted by Gasteiger charge is -2.27. The molecule has 0 bridgehead atoms. The van der Waals surface area contributed by atoms with E-state index in [9.17, 15) is 14.0 Å². The van der Waals surface area contributed by atoms with Crippen molar-refractivity contribution in [3.05, 3.63) is 70.5 Å². The van der Waals surface area contributed by atoms with Crippen LogP contribution in [0, 0.1) is 5.82 Å². The maximum absolute atomic E-state index is 13.4. The average molecular weight is 407 g/mol. The molecule has 0 spiro atoms. The van der Waals surface area contributed by atoms with Crippen LogP contribution in [0.1, 0.15) is 28.2 Å². The minimum atomic E-state index is -0.451. The summed E-state index contributed by atoms with van der Waals surface area (Å²) in [5.74, 6) is -0.708. The van der Waals surface area contributed by atoms with Crippen molar-refractivity contribution in [3.8, 4) is 0 Å². The fourth-order valence-electron chi connectivity index (χ4n) is 3.02. The Morgan fingerprint density at radius 1 is 1.26 bits per heavy atom. The van der Waals surface area contributed by atoms with Crippen LogP contribution in [-0.2, 0) is 4.79 Å². The molecule has 1 aliphatic rings. The van der Waals surface area contributed by atoms with Gasteiger partial charge in [-0.15, -0.1) is 11.8 Å². The van der Waals surface area contributed by atoms with E-state index in [1.807, 2.05) is 31.2 Å². The lowest BCUT2D eigenvalue weighted by molar-refractivity contribution is -0.129. The lowest BCUT2D eigenvalue weighted by Crippen LogP contribution is -2.39. The first-order chi connectivity index (χ1) is 12.9. The number of carbonyl (C=O) groups is 2. The minimum absolute atomic E-state index is 0.0246. The van der Waals surface area contributed by atoms with Crippen molar-refractivity contribution < 1.29 is 14.0 Å². The Morgan fingerprint density at radius 3 is 2.70 bits per heavy atom. The first-order valence-corrected chi connectivity index (χ1v) is 9.92. The zero-order valence-corrected chi connectivity index (χ0v) is 16.6. The number of thioether (sulfide) groups is 1. The lowest BCUT2D eigenvalue weighted by atomic mass is 10.2. The highest BCUT2D eigenvalue weighted by Gasteiger charge is 2.39. The average Bonchev–Trinajstić information content (AvgIpc) is 2.93. The quantitative estimate of drug-likeness (QED) is 0.746. The zero-order chi connectivity index (χ0) is 19.6. The summed E-state index contributed by atoms with van der Waals surface area (Å²) in [6, 6.07) is 13.1. The van der Waals surface area contributed by atoms with Crippen molar-refractivity contribution in [2.24, 2.45) is 0 Å². The van der Waals surface area contributed by atoms with Gasteiger partial charge >= 0.3 is 0 Å². The molecule has 142 valence electrons. The predicted octanol–water partition coefficient (Wildman–Crippen LogP) is 4.21. The third-order valence-electron chi connectivity index (χ3n) is 4.51. The fraction of sp³-hybridized carbons (Fsp3) is 0.300. The first-order valence-electron chi connectivity index (χ1n) is 8.60. The summed E-state index contributed by atoms with van der Waals surface area (Å²) in [6.07, 6.45) is 0. The van der Waals surface area contributed by atoms with E-state index in [-0.39, 0.29) is 28.0 Å². The molecule has 0 radical (unpaired) electrons. The van der Waals surface area contributed by atoms with E-state index in [0.29, 0.717) is 18.1 Å². The van der Waals surface area contributed by atoms with E-state index in [4.69, 9.17) is 11.6 Å². The maximum Gasteiger partial charge on any atom is 0.253 e. The Morgan fingerprint density at radius 2 is 2.00 bits per heavy atom. The number of carbonyl (C=O) groups excluding carboxylic acids is 2.